The highest BCUT2D eigenvalue weighted by atomic mass is 79.9. The first-order valence-electron chi connectivity index (χ1n) is 12.0. The number of rotatable bonds is 8. The molecule has 7 atom stereocenters. The van der Waals surface area contributed by atoms with Crippen LogP contribution in [0.25, 0.3) is 0 Å². The number of likely N-dealkylation sites (tertiary alicyclic amines) is 1. The number of benzene rings is 1. The first kappa shape index (κ1) is 26.2. The first-order chi connectivity index (χ1) is 16.5. The van der Waals surface area contributed by atoms with Crippen molar-refractivity contribution in [1.29, 1.82) is 0 Å². The van der Waals surface area contributed by atoms with Gasteiger partial charge in [0, 0.05) is 22.3 Å². The summed E-state index contributed by atoms with van der Waals surface area (Å²) in [4.78, 5) is 44.0. The summed E-state index contributed by atoms with van der Waals surface area (Å²) < 4.78 is -0.881. The maximum Gasteiger partial charge on any atom is 0.308 e. The molecule has 2 amide bonds. The van der Waals surface area contributed by atoms with Gasteiger partial charge >= 0.3 is 5.97 Å². The maximum atomic E-state index is 14.6. The highest BCUT2D eigenvalue weighted by Crippen LogP contribution is 2.68. The van der Waals surface area contributed by atoms with Crippen LogP contribution in [-0.4, -0.2) is 73.0 Å². The molecule has 2 bridgehead atoms. The Kier molecular flexibility index (Phi) is 7.16. The van der Waals surface area contributed by atoms with Gasteiger partial charge in [-0.25, -0.2) is 0 Å². The van der Waals surface area contributed by atoms with E-state index in [1.54, 1.807) is 11.0 Å². The molecule has 0 saturated carbocycles. The third kappa shape index (κ3) is 3.85. The lowest BCUT2D eigenvalue weighted by Gasteiger charge is -2.41. The number of nitrogens with zero attached hydrogens (tertiary/aromatic N) is 2. The number of anilines is 1. The first-order valence-corrected chi connectivity index (χ1v) is 13.8. The Morgan fingerprint density at radius 1 is 1.34 bits per heavy atom. The molecule has 1 spiro atoms. The number of alkyl halides is 1. The van der Waals surface area contributed by atoms with E-state index in [9.17, 15) is 24.6 Å². The van der Waals surface area contributed by atoms with E-state index in [-0.39, 0.29) is 41.0 Å². The van der Waals surface area contributed by atoms with Gasteiger partial charge in [-0.2, -0.15) is 0 Å². The second kappa shape index (κ2) is 9.56. The van der Waals surface area contributed by atoms with Gasteiger partial charge in [0.25, 0.3) is 5.91 Å². The Bertz CT molecular complexity index is 1040. The average Bonchev–Trinajstić information content (AvgIpc) is 3.37. The number of para-hydroxylation sites is 1. The molecule has 3 aliphatic heterocycles. The molecule has 35 heavy (non-hydrogen) atoms. The van der Waals surface area contributed by atoms with Gasteiger partial charge in [-0.3, -0.25) is 14.4 Å². The second-order valence-corrected chi connectivity index (χ2v) is 12.9. The van der Waals surface area contributed by atoms with Gasteiger partial charge in [-0.05, 0) is 37.3 Å². The summed E-state index contributed by atoms with van der Waals surface area (Å²) in [6.07, 6.45) is 2.18. The second-order valence-electron chi connectivity index (χ2n) is 10.2. The molecule has 3 saturated heterocycles. The van der Waals surface area contributed by atoms with E-state index in [2.05, 4.69) is 22.5 Å². The zero-order chi connectivity index (χ0) is 25.8. The van der Waals surface area contributed by atoms with E-state index in [1.165, 1.54) is 16.7 Å². The minimum Gasteiger partial charge on any atom is -0.481 e. The van der Waals surface area contributed by atoms with E-state index in [0.29, 0.717) is 6.42 Å². The summed E-state index contributed by atoms with van der Waals surface area (Å²) >= 11 is 5.14. The van der Waals surface area contributed by atoms with Crippen LogP contribution in [0.1, 0.15) is 31.4 Å². The van der Waals surface area contributed by atoms with Crippen molar-refractivity contribution in [3.05, 3.63) is 42.0 Å². The number of aliphatic hydroxyl groups excluding tert-OH is 1. The number of hydrogen-bond acceptors (Lipinski definition) is 5. The van der Waals surface area contributed by atoms with Crippen molar-refractivity contribution >= 4 is 51.2 Å². The average molecular weight is 566 g/mol. The highest BCUT2D eigenvalue weighted by Gasteiger charge is 2.76. The van der Waals surface area contributed by atoms with E-state index >= 15 is 0 Å². The van der Waals surface area contributed by atoms with E-state index in [1.807, 2.05) is 45.9 Å². The van der Waals surface area contributed by atoms with Crippen LogP contribution in [-0.2, 0) is 14.4 Å². The van der Waals surface area contributed by atoms with E-state index < -0.39 is 34.6 Å². The van der Waals surface area contributed by atoms with Crippen LogP contribution in [0, 0.1) is 31.6 Å². The van der Waals surface area contributed by atoms with Gasteiger partial charge in [0.05, 0.1) is 29.2 Å². The molecule has 1 aromatic rings. The molecule has 9 heteroatoms. The number of carboxylic acid groups (broad SMARTS) is 1. The van der Waals surface area contributed by atoms with Gasteiger partial charge in [0.15, 0.2) is 0 Å². The predicted molar refractivity (Wildman–Crippen MR) is 141 cm³/mol. The Hall–Kier alpha value is -1.84. The monoisotopic (exact) mass is 564 g/mol. The standard InChI is InChI=1S/C26H33BrN2O5S/c1-6-10-28(20-14(4)8-7-9-15(20)5)24(32)22-26-11-16(27)21(35-26)18(25(33)34)19(26)23(31)29(22)17(12-30)13(2)3/h6-9,13,16-19,21-22,30H,1,10-12H2,2-5H3,(H,33,34)/t16?,17-,18-,19-,21-,22?,26?/m0/s1. The minimum absolute atomic E-state index is 0.118. The molecule has 3 unspecified atom stereocenters. The van der Waals surface area contributed by atoms with Crippen molar-refractivity contribution in [3.8, 4) is 0 Å². The molecule has 4 rings (SSSR count). The minimum atomic E-state index is -1.01. The smallest absolute Gasteiger partial charge is 0.308 e. The number of thioether (sulfide) groups is 1. The SMILES string of the molecule is C=CCN(C(=O)C1N([C@@H](CO)C(C)C)C(=O)[C@@H]2[C@H](C(=O)O)[C@H]3SC12CC3Br)c1c(C)cccc1C. The molecule has 2 N–H and O–H groups in total. The molecule has 7 nitrogen and oxygen atoms in total. The number of aliphatic hydroxyl groups is 1. The molecular formula is C26H33BrN2O5S. The fourth-order valence-corrected chi connectivity index (χ4v) is 9.99. The maximum absolute atomic E-state index is 14.6. The van der Waals surface area contributed by atoms with Crippen molar-refractivity contribution < 1.29 is 24.6 Å². The molecule has 0 aromatic heterocycles. The third-order valence-corrected chi connectivity index (χ3v) is 11.1. The quantitative estimate of drug-likeness (QED) is 0.371. The summed E-state index contributed by atoms with van der Waals surface area (Å²) in [5.41, 5.74) is 2.63. The zero-order valence-corrected chi connectivity index (χ0v) is 22.9. The lowest BCUT2D eigenvalue weighted by molar-refractivity contribution is -0.149. The number of fused-ring (bicyclic) bond motifs is 1. The number of halogens is 1. The largest absolute Gasteiger partial charge is 0.481 e. The van der Waals surface area contributed by atoms with Gasteiger partial charge in [-0.15, -0.1) is 18.3 Å². The van der Waals surface area contributed by atoms with Crippen LogP contribution in [0.4, 0.5) is 5.69 Å². The number of carboxylic acids is 1. The fraction of sp³-hybridized carbons (Fsp3) is 0.577. The van der Waals surface area contributed by atoms with Gasteiger partial charge in [0.1, 0.15) is 6.04 Å². The van der Waals surface area contributed by atoms with Gasteiger partial charge < -0.3 is 20.0 Å². The Morgan fingerprint density at radius 3 is 2.49 bits per heavy atom. The lowest BCUT2D eigenvalue weighted by Crippen LogP contribution is -2.59. The van der Waals surface area contributed by atoms with Gasteiger partial charge in [0.2, 0.25) is 5.91 Å². The van der Waals surface area contributed by atoms with Crippen molar-refractivity contribution in [2.75, 3.05) is 18.1 Å². The summed E-state index contributed by atoms with van der Waals surface area (Å²) in [6.45, 7) is 11.5. The van der Waals surface area contributed by atoms with Crippen LogP contribution in [0.2, 0.25) is 0 Å². The van der Waals surface area contributed by atoms with E-state index in [0.717, 1.165) is 16.8 Å². The molecule has 3 fully saturated rings. The number of aryl methyl sites for hydroxylation is 2. The lowest BCUT2D eigenvalue weighted by atomic mass is 9.71. The number of amides is 2. The normalized spacial score (nSPS) is 32.1. The van der Waals surface area contributed by atoms with Crippen LogP contribution >= 0.6 is 27.7 Å². The van der Waals surface area contributed by atoms with Crippen molar-refractivity contribution in [3.63, 3.8) is 0 Å². The summed E-state index contributed by atoms with van der Waals surface area (Å²) in [6, 6.07) is 4.34. The Morgan fingerprint density at radius 2 is 1.97 bits per heavy atom. The Labute approximate surface area is 219 Å². The summed E-state index contributed by atoms with van der Waals surface area (Å²) in [7, 11) is 0. The number of carbonyl (C=O) groups excluding carboxylic acids is 2. The number of carbonyl (C=O) groups is 3. The molecular weight excluding hydrogens is 532 g/mol. The number of hydrogen-bond donors (Lipinski definition) is 2. The topological polar surface area (TPSA) is 98.2 Å². The number of aliphatic carboxylic acids is 1. The third-order valence-electron chi connectivity index (χ3n) is 7.85. The predicted octanol–water partition coefficient (Wildman–Crippen LogP) is 3.39. The molecule has 3 heterocycles. The van der Waals surface area contributed by atoms with Crippen LogP contribution in [0.5, 0.6) is 0 Å². The molecule has 190 valence electrons. The Balaban J connectivity index is 1.90. The molecule has 1 aromatic carbocycles. The zero-order valence-electron chi connectivity index (χ0n) is 20.5. The van der Waals surface area contributed by atoms with Crippen LogP contribution in [0.3, 0.4) is 0 Å². The van der Waals surface area contributed by atoms with Crippen molar-refractivity contribution in [1.82, 2.24) is 4.90 Å². The van der Waals surface area contributed by atoms with Crippen LogP contribution in [0.15, 0.2) is 30.9 Å². The molecule has 3 aliphatic rings. The highest BCUT2D eigenvalue weighted by molar-refractivity contribution is 9.09. The summed E-state index contributed by atoms with van der Waals surface area (Å²) in [5.74, 6) is -3.41. The molecule has 0 aliphatic carbocycles. The molecule has 0 radical (unpaired) electrons. The van der Waals surface area contributed by atoms with E-state index in [4.69, 9.17) is 0 Å². The fourth-order valence-electron chi connectivity index (χ4n) is 6.41. The van der Waals surface area contributed by atoms with Crippen LogP contribution < -0.4 is 4.90 Å². The van der Waals surface area contributed by atoms with Crippen molar-refractivity contribution in [2.24, 2.45) is 17.8 Å². The van der Waals surface area contributed by atoms with Gasteiger partial charge in [-0.1, -0.05) is 54.1 Å². The summed E-state index contributed by atoms with van der Waals surface area (Å²) in [5, 5.41) is 20.1. The van der Waals surface area contributed by atoms with Crippen molar-refractivity contribution in [2.45, 2.75) is 61.0 Å².